The molecular weight excluding hydrogens is 223 g/mol. The molecule has 16 heavy (non-hydrogen) atoms. The van der Waals surface area contributed by atoms with Crippen LogP contribution in [0.1, 0.15) is 34.2 Å². The van der Waals surface area contributed by atoms with Crippen molar-refractivity contribution < 1.29 is 23.1 Å². The first-order chi connectivity index (χ1) is 7.27. The Kier molecular flexibility index (Phi) is 3.21. The lowest BCUT2D eigenvalue weighted by Crippen LogP contribution is -2.14. The van der Waals surface area contributed by atoms with Gasteiger partial charge in [0, 0.05) is 0 Å². The summed E-state index contributed by atoms with van der Waals surface area (Å²) >= 11 is 0. The molecule has 0 bridgehead atoms. The highest BCUT2D eigenvalue weighted by Gasteiger charge is 2.34. The summed E-state index contributed by atoms with van der Waals surface area (Å²) in [4.78, 5) is 14.1. The van der Waals surface area contributed by atoms with Gasteiger partial charge >= 0.3 is 12.1 Å². The summed E-state index contributed by atoms with van der Waals surface area (Å²) in [6, 6.07) is 0.788. The smallest absolute Gasteiger partial charge is 0.433 e. The Morgan fingerprint density at radius 3 is 2.44 bits per heavy atom. The SMILES string of the molecule is CCc1cc(C(F)(F)F)nc(C)c1C(=O)O. The van der Waals surface area contributed by atoms with E-state index in [1.807, 2.05) is 0 Å². The molecule has 1 aromatic rings. The number of halogens is 3. The van der Waals surface area contributed by atoms with Crippen LogP contribution in [-0.2, 0) is 12.6 Å². The van der Waals surface area contributed by atoms with Gasteiger partial charge in [-0.3, -0.25) is 0 Å². The number of aromatic carboxylic acids is 1. The molecule has 6 heteroatoms. The third-order valence-electron chi connectivity index (χ3n) is 2.17. The van der Waals surface area contributed by atoms with Gasteiger partial charge in [-0.2, -0.15) is 13.2 Å². The molecule has 88 valence electrons. The van der Waals surface area contributed by atoms with Crippen molar-refractivity contribution in [2.75, 3.05) is 0 Å². The first-order valence-corrected chi connectivity index (χ1v) is 4.58. The fourth-order valence-electron chi connectivity index (χ4n) is 1.45. The van der Waals surface area contributed by atoms with E-state index >= 15 is 0 Å². The third-order valence-corrected chi connectivity index (χ3v) is 2.17. The van der Waals surface area contributed by atoms with E-state index in [4.69, 9.17) is 5.11 Å². The van der Waals surface area contributed by atoms with Crippen molar-refractivity contribution in [1.29, 1.82) is 0 Å². The van der Waals surface area contributed by atoms with Crippen LogP contribution in [0.15, 0.2) is 6.07 Å². The average molecular weight is 233 g/mol. The van der Waals surface area contributed by atoms with Gasteiger partial charge in [-0.05, 0) is 25.0 Å². The van der Waals surface area contributed by atoms with Crippen LogP contribution in [0.2, 0.25) is 0 Å². The minimum Gasteiger partial charge on any atom is -0.478 e. The van der Waals surface area contributed by atoms with E-state index in [1.165, 1.54) is 6.92 Å². The number of pyridine rings is 1. The Balaban J connectivity index is 3.44. The average Bonchev–Trinajstić information content (AvgIpc) is 2.14. The molecule has 0 spiro atoms. The van der Waals surface area contributed by atoms with Gasteiger partial charge in [0.2, 0.25) is 0 Å². The van der Waals surface area contributed by atoms with Gasteiger partial charge in [-0.1, -0.05) is 6.92 Å². The molecule has 1 rings (SSSR count). The quantitative estimate of drug-likeness (QED) is 0.854. The molecule has 1 N–H and O–H groups in total. The maximum Gasteiger partial charge on any atom is 0.433 e. The van der Waals surface area contributed by atoms with Crippen molar-refractivity contribution in [3.63, 3.8) is 0 Å². The van der Waals surface area contributed by atoms with Crippen molar-refractivity contribution in [1.82, 2.24) is 4.98 Å². The zero-order valence-corrected chi connectivity index (χ0v) is 8.72. The molecule has 3 nitrogen and oxygen atoms in total. The van der Waals surface area contributed by atoms with Gasteiger partial charge in [0.15, 0.2) is 0 Å². The molecule has 0 atom stereocenters. The maximum absolute atomic E-state index is 12.4. The van der Waals surface area contributed by atoms with Crippen molar-refractivity contribution in [2.45, 2.75) is 26.4 Å². The molecule has 0 fully saturated rings. The Morgan fingerprint density at radius 2 is 2.06 bits per heavy atom. The van der Waals surface area contributed by atoms with E-state index in [0.717, 1.165) is 6.07 Å². The van der Waals surface area contributed by atoms with E-state index in [9.17, 15) is 18.0 Å². The van der Waals surface area contributed by atoms with E-state index < -0.39 is 17.8 Å². The number of rotatable bonds is 2. The highest BCUT2D eigenvalue weighted by atomic mass is 19.4. The monoisotopic (exact) mass is 233 g/mol. The molecule has 0 radical (unpaired) electrons. The van der Waals surface area contributed by atoms with E-state index in [2.05, 4.69) is 4.98 Å². The summed E-state index contributed by atoms with van der Waals surface area (Å²) in [6.07, 6.45) is -4.33. The summed E-state index contributed by atoms with van der Waals surface area (Å²) in [5.74, 6) is -1.25. The second kappa shape index (κ2) is 4.11. The predicted molar refractivity (Wildman–Crippen MR) is 50.3 cm³/mol. The number of alkyl halides is 3. The Bertz CT molecular complexity index is 427. The highest BCUT2D eigenvalue weighted by Crippen LogP contribution is 2.30. The second-order valence-electron chi connectivity index (χ2n) is 3.28. The van der Waals surface area contributed by atoms with Crippen LogP contribution < -0.4 is 0 Å². The lowest BCUT2D eigenvalue weighted by Gasteiger charge is -2.11. The number of carbonyl (C=O) groups is 1. The van der Waals surface area contributed by atoms with Crippen LogP contribution in [0.4, 0.5) is 13.2 Å². The molecule has 0 aliphatic carbocycles. The zero-order valence-electron chi connectivity index (χ0n) is 8.72. The van der Waals surface area contributed by atoms with Crippen LogP contribution in [-0.4, -0.2) is 16.1 Å². The van der Waals surface area contributed by atoms with Crippen LogP contribution in [0.5, 0.6) is 0 Å². The number of aryl methyl sites for hydroxylation is 2. The van der Waals surface area contributed by atoms with E-state index in [0.29, 0.717) is 0 Å². The lowest BCUT2D eigenvalue weighted by atomic mass is 10.0. The van der Waals surface area contributed by atoms with Gasteiger partial charge in [-0.15, -0.1) is 0 Å². The Morgan fingerprint density at radius 1 is 1.50 bits per heavy atom. The summed E-state index contributed by atoms with van der Waals surface area (Å²) in [7, 11) is 0. The fraction of sp³-hybridized carbons (Fsp3) is 0.400. The van der Waals surface area contributed by atoms with Gasteiger partial charge < -0.3 is 5.11 Å². The van der Waals surface area contributed by atoms with Gasteiger partial charge in [0.25, 0.3) is 0 Å². The summed E-state index contributed by atoms with van der Waals surface area (Å²) < 4.78 is 37.2. The minimum absolute atomic E-state index is 0.112. The molecule has 0 aliphatic heterocycles. The van der Waals surface area contributed by atoms with E-state index in [-0.39, 0.29) is 23.2 Å². The molecule has 0 aromatic carbocycles. The van der Waals surface area contributed by atoms with Crippen molar-refractivity contribution in [3.05, 3.63) is 28.6 Å². The number of carboxylic acid groups (broad SMARTS) is 1. The summed E-state index contributed by atoms with van der Waals surface area (Å²) in [6.45, 7) is 2.86. The van der Waals surface area contributed by atoms with Crippen LogP contribution >= 0.6 is 0 Å². The topological polar surface area (TPSA) is 50.2 Å². The molecule has 1 heterocycles. The van der Waals surface area contributed by atoms with Gasteiger partial charge in [0.1, 0.15) is 5.69 Å². The lowest BCUT2D eigenvalue weighted by molar-refractivity contribution is -0.141. The third kappa shape index (κ3) is 2.32. The van der Waals surface area contributed by atoms with Gasteiger partial charge in [0.05, 0.1) is 11.3 Å². The normalized spacial score (nSPS) is 11.6. The van der Waals surface area contributed by atoms with Crippen LogP contribution in [0.25, 0.3) is 0 Å². The Labute approximate surface area is 89.9 Å². The molecule has 0 saturated carbocycles. The highest BCUT2D eigenvalue weighted by molar-refractivity contribution is 5.90. The predicted octanol–water partition coefficient (Wildman–Crippen LogP) is 2.67. The first-order valence-electron chi connectivity index (χ1n) is 4.58. The molecule has 1 aromatic heterocycles. The van der Waals surface area contributed by atoms with E-state index in [1.54, 1.807) is 6.92 Å². The van der Waals surface area contributed by atoms with Gasteiger partial charge in [-0.25, -0.2) is 9.78 Å². The molecular formula is C10H10F3NO2. The minimum atomic E-state index is -4.55. The number of hydrogen-bond acceptors (Lipinski definition) is 2. The zero-order chi connectivity index (χ0) is 12.5. The molecule has 0 aliphatic rings. The van der Waals surface area contributed by atoms with Crippen molar-refractivity contribution in [3.8, 4) is 0 Å². The number of carboxylic acids is 1. The summed E-state index contributed by atoms with van der Waals surface area (Å²) in [5.41, 5.74) is -1.16. The van der Waals surface area contributed by atoms with Crippen molar-refractivity contribution >= 4 is 5.97 Å². The number of aromatic nitrogens is 1. The molecule has 0 amide bonds. The fourth-order valence-corrected chi connectivity index (χ4v) is 1.45. The molecule has 0 saturated heterocycles. The number of nitrogens with zero attached hydrogens (tertiary/aromatic N) is 1. The standard InChI is InChI=1S/C10H10F3NO2/c1-3-6-4-7(10(11,12)13)14-5(2)8(6)9(15)16/h4H,3H2,1-2H3,(H,15,16). The van der Waals surface area contributed by atoms with Crippen LogP contribution in [0, 0.1) is 6.92 Å². The van der Waals surface area contributed by atoms with Crippen LogP contribution in [0.3, 0.4) is 0 Å². The largest absolute Gasteiger partial charge is 0.478 e. The summed E-state index contributed by atoms with van der Waals surface area (Å²) in [5, 5.41) is 8.85. The van der Waals surface area contributed by atoms with Crippen molar-refractivity contribution in [2.24, 2.45) is 0 Å². The first kappa shape index (κ1) is 12.5. The molecule has 0 unspecified atom stereocenters. The Hall–Kier alpha value is -1.59. The second-order valence-corrected chi connectivity index (χ2v) is 3.28. The maximum atomic E-state index is 12.4. The number of hydrogen-bond donors (Lipinski definition) is 1.